The molecule has 2 unspecified atom stereocenters. The molecule has 0 bridgehead atoms. The molecule has 0 radical (unpaired) electrons. The van der Waals surface area contributed by atoms with Gasteiger partial charge in [0.1, 0.15) is 6.04 Å². The lowest BCUT2D eigenvalue weighted by atomic mass is 10.1. The van der Waals surface area contributed by atoms with E-state index in [1.807, 2.05) is 37.3 Å². The Labute approximate surface area is 173 Å². The van der Waals surface area contributed by atoms with Crippen LogP contribution in [0.4, 0.5) is 4.79 Å². The summed E-state index contributed by atoms with van der Waals surface area (Å²) in [6, 6.07) is 13.2. The van der Waals surface area contributed by atoms with Crippen LogP contribution in [0.1, 0.15) is 28.4 Å². The van der Waals surface area contributed by atoms with Crippen molar-refractivity contribution in [3.8, 4) is 0 Å². The van der Waals surface area contributed by atoms with Gasteiger partial charge in [0, 0.05) is 39.6 Å². The third-order valence-corrected chi connectivity index (χ3v) is 5.62. The molecule has 146 valence electrons. The van der Waals surface area contributed by atoms with Crippen LogP contribution in [0.15, 0.2) is 70.8 Å². The van der Waals surface area contributed by atoms with E-state index < -0.39 is 12.3 Å². The van der Waals surface area contributed by atoms with Crippen LogP contribution in [0, 0.1) is 6.92 Å². The van der Waals surface area contributed by atoms with Crippen molar-refractivity contribution in [1.29, 1.82) is 0 Å². The largest absolute Gasteiger partial charge is 0.371 e. The van der Waals surface area contributed by atoms with Gasteiger partial charge in [-0.1, -0.05) is 36.0 Å². The first-order chi connectivity index (χ1) is 14.1. The number of hydrogen-bond acceptors (Lipinski definition) is 5. The molecule has 1 aliphatic heterocycles. The molecule has 3 aromatic rings. The van der Waals surface area contributed by atoms with Gasteiger partial charge in [0.25, 0.3) is 0 Å². The minimum atomic E-state index is -0.976. The minimum absolute atomic E-state index is 0.386. The molecule has 1 aliphatic rings. The van der Waals surface area contributed by atoms with E-state index in [9.17, 15) is 9.90 Å². The molecule has 2 atom stereocenters. The quantitative estimate of drug-likeness (QED) is 0.602. The zero-order chi connectivity index (χ0) is 20.2. The van der Waals surface area contributed by atoms with E-state index in [4.69, 9.17) is 0 Å². The number of aliphatic hydroxyl groups is 1. The molecule has 6 nitrogen and oxygen atoms in total. The van der Waals surface area contributed by atoms with Gasteiger partial charge < -0.3 is 15.7 Å². The number of pyridine rings is 2. The molecule has 7 heteroatoms. The number of aliphatic hydroxyl groups excluding tert-OH is 1. The normalized spacial score (nSPS) is 18.6. The Bertz CT molecular complexity index is 1050. The third-order valence-electron chi connectivity index (χ3n) is 4.52. The molecule has 1 fully saturated rings. The summed E-state index contributed by atoms with van der Waals surface area (Å²) in [5, 5.41) is 15.2. The molecule has 29 heavy (non-hydrogen) atoms. The van der Waals surface area contributed by atoms with Gasteiger partial charge in [-0.3, -0.25) is 9.97 Å². The number of carbonyl (C=O) groups is 1. The second-order valence-electron chi connectivity index (χ2n) is 6.69. The molecule has 0 saturated carbocycles. The minimum Gasteiger partial charge on any atom is -0.371 e. The van der Waals surface area contributed by atoms with E-state index in [-0.39, 0.29) is 6.03 Å². The number of rotatable bonds is 5. The highest BCUT2D eigenvalue weighted by atomic mass is 32.2. The van der Waals surface area contributed by atoms with E-state index in [0.717, 1.165) is 32.2 Å². The fourth-order valence-corrected chi connectivity index (χ4v) is 4.04. The van der Waals surface area contributed by atoms with Gasteiger partial charge in [-0.2, -0.15) is 0 Å². The van der Waals surface area contributed by atoms with Crippen LogP contribution in [0.5, 0.6) is 0 Å². The van der Waals surface area contributed by atoms with Gasteiger partial charge >= 0.3 is 6.03 Å². The zero-order valence-electron chi connectivity index (χ0n) is 15.7. The lowest BCUT2D eigenvalue weighted by Crippen LogP contribution is -2.27. The Hall–Kier alpha value is -3.16. The summed E-state index contributed by atoms with van der Waals surface area (Å²) >= 11 is 1.57. The summed E-state index contributed by atoms with van der Waals surface area (Å²) < 4.78 is 0. The first-order valence-corrected chi connectivity index (χ1v) is 9.98. The van der Waals surface area contributed by atoms with Gasteiger partial charge in [-0.15, -0.1) is 0 Å². The number of carbonyl (C=O) groups excluding carboxylic acids is 1. The number of aromatic nitrogens is 2. The molecule has 2 amide bonds. The van der Waals surface area contributed by atoms with E-state index >= 15 is 0 Å². The van der Waals surface area contributed by atoms with Crippen LogP contribution < -0.4 is 10.6 Å². The van der Waals surface area contributed by atoms with Gasteiger partial charge in [0.05, 0.1) is 0 Å². The van der Waals surface area contributed by atoms with Crippen LogP contribution in [-0.4, -0.2) is 27.3 Å². The molecule has 0 aliphatic carbocycles. The van der Waals surface area contributed by atoms with Crippen LogP contribution in [0.2, 0.25) is 0 Å². The average Bonchev–Trinajstić information content (AvgIpc) is 3.06. The standard InChI is InChI=1S/C22H20N4O2S/c1-14-12-16(8-11-24-14)3-2-15-4-6-17(7-5-15)29-19-9-10-23-13-18(19)20-21(27)26-22(28)25-20/h2-13,20-21,27H,1H3,(H2,25,26,28)/b3-2+. The number of nitrogens with zero attached hydrogens (tertiary/aromatic N) is 2. The molecular weight excluding hydrogens is 384 g/mol. The predicted molar refractivity (Wildman–Crippen MR) is 113 cm³/mol. The van der Waals surface area contributed by atoms with E-state index in [2.05, 4.69) is 44.9 Å². The Morgan fingerprint density at radius 3 is 2.55 bits per heavy atom. The van der Waals surface area contributed by atoms with Gasteiger partial charge in [-0.05, 0) is 48.4 Å². The Morgan fingerprint density at radius 1 is 1.03 bits per heavy atom. The number of nitrogens with one attached hydrogen (secondary N) is 2. The van der Waals surface area contributed by atoms with Crippen LogP contribution in [-0.2, 0) is 0 Å². The molecule has 1 aromatic carbocycles. The summed E-state index contributed by atoms with van der Waals surface area (Å²) in [7, 11) is 0. The van der Waals surface area contributed by atoms with Crippen LogP contribution in [0.3, 0.4) is 0 Å². The molecule has 4 rings (SSSR count). The highest BCUT2D eigenvalue weighted by Gasteiger charge is 2.32. The van der Waals surface area contributed by atoms with Gasteiger partial charge in [0.15, 0.2) is 6.23 Å². The van der Waals surface area contributed by atoms with Crippen LogP contribution >= 0.6 is 11.8 Å². The second kappa shape index (κ2) is 8.46. The van der Waals surface area contributed by atoms with Crippen molar-refractivity contribution in [2.75, 3.05) is 0 Å². The average molecular weight is 404 g/mol. The number of hydrogen-bond donors (Lipinski definition) is 3. The Kier molecular flexibility index (Phi) is 5.59. The SMILES string of the molecule is Cc1cc(/C=C/c2ccc(Sc3ccncc3C3NC(=O)NC3O)cc2)ccn1. The van der Waals surface area contributed by atoms with Crippen molar-refractivity contribution < 1.29 is 9.90 Å². The molecule has 1 saturated heterocycles. The maximum absolute atomic E-state index is 11.5. The third kappa shape index (κ3) is 4.64. The Morgan fingerprint density at radius 2 is 1.83 bits per heavy atom. The fourth-order valence-electron chi connectivity index (χ4n) is 3.09. The molecule has 0 spiro atoms. The summed E-state index contributed by atoms with van der Waals surface area (Å²) in [5.74, 6) is 0. The summed E-state index contributed by atoms with van der Waals surface area (Å²) in [6.07, 6.45) is 8.34. The lowest BCUT2D eigenvalue weighted by molar-refractivity contribution is 0.139. The molecule has 2 aromatic heterocycles. The number of aryl methyl sites for hydroxylation is 1. The van der Waals surface area contributed by atoms with Gasteiger partial charge in [0.2, 0.25) is 0 Å². The topological polar surface area (TPSA) is 87.1 Å². The highest BCUT2D eigenvalue weighted by molar-refractivity contribution is 7.99. The van der Waals surface area contributed by atoms with Crippen molar-refractivity contribution in [3.05, 3.63) is 83.4 Å². The number of urea groups is 1. The van der Waals surface area contributed by atoms with Crippen LogP contribution in [0.25, 0.3) is 12.2 Å². The summed E-state index contributed by atoms with van der Waals surface area (Å²) in [4.78, 5) is 21.9. The molecule has 3 heterocycles. The maximum Gasteiger partial charge on any atom is 0.317 e. The number of benzene rings is 1. The smallest absolute Gasteiger partial charge is 0.317 e. The van der Waals surface area contributed by atoms with Crippen molar-refractivity contribution in [1.82, 2.24) is 20.6 Å². The summed E-state index contributed by atoms with van der Waals surface area (Å²) in [6.45, 7) is 1.97. The number of amides is 2. The van der Waals surface area contributed by atoms with Crippen molar-refractivity contribution in [2.24, 2.45) is 0 Å². The first kappa shape index (κ1) is 19.2. The van der Waals surface area contributed by atoms with Crippen molar-refractivity contribution >= 4 is 29.9 Å². The molecule has 3 N–H and O–H groups in total. The van der Waals surface area contributed by atoms with Crippen molar-refractivity contribution in [3.63, 3.8) is 0 Å². The zero-order valence-corrected chi connectivity index (χ0v) is 16.6. The first-order valence-electron chi connectivity index (χ1n) is 9.16. The fraction of sp³-hybridized carbons (Fsp3) is 0.136. The second-order valence-corrected chi connectivity index (χ2v) is 7.80. The molecular formula is C22H20N4O2S. The van der Waals surface area contributed by atoms with E-state index in [1.165, 1.54) is 0 Å². The Balaban J connectivity index is 1.49. The summed E-state index contributed by atoms with van der Waals surface area (Å²) in [5.41, 5.74) is 3.98. The van der Waals surface area contributed by atoms with E-state index in [0.29, 0.717) is 0 Å². The monoisotopic (exact) mass is 404 g/mol. The van der Waals surface area contributed by atoms with Gasteiger partial charge in [-0.25, -0.2) is 4.79 Å². The predicted octanol–water partition coefficient (Wildman–Crippen LogP) is 3.78. The van der Waals surface area contributed by atoms with Crippen molar-refractivity contribution in [2.45, 2.75) is 29.0 Å². The maximum atomic E-state index is 11.5. The lowest BCUT2D eigenvalue weighted by Gasteiger charge is -2.16. The van der Waals surface area contributed by atoms with E-state index in [1.54, 1.807) is 30.4 Å². The highest BCUT2D eigenvalue weighted by Crippen LogP contribution is 2.34.